The van der Waals surface area contributed by atoms with E-state index < -0.39 is 11.9 Å². The summed E-state index contributed by atoms with van der Waals surface area (Å²) in [4.78, 5) is 24.9. The number of hydrogen-bond acceptors (Lipinski definition) is 4. The second kappa shape index (κ2) is 14.7. The van der Waals surface area contributed by atoms with Gasteiger partial charge in [-0.1, -0.05) is 91.0 Å². The van der Waals surface area contributed by atoms with E-state index in [2.05, 4.69) is 47.4 Å². The number of benzene rings is 4. The highest BCUT2D eigenvalue weighted by Crippen LogP contribution is 2.23. The molecule has 0 unspecified atom stereocenters. The van der Waals surface area contributed by atoms with Crippen molar-refractivity contribution in [1.82, 2.24) is 4.90 Å². The van der Waals surface area contributed by atoms with Crippen LogP contribution in [0.25, 0.3) is 11.1 Å². The van der Waals surface area contributed by atoms with Gasteiger partial charge in [-0.2, -0.15) is 0 Å². The quantitative estimate of drug-likeness (QED) is 0.160. The molecular formula is C34H35NO5. The smallest absolute Gasteiger partial charge is 0.336 e. The van der Waals surface area contributed by atoms with Crippen molar-refractivity contribution in [2.75, 3.05) is 13.1 Å². The van der Waals surface area contributed by atoms with Gasteiger partial charge in [-0.3, -0.25) is 9.69 Å². The van der Waals surface area contributed by atoms with Crippen LogP contribution in [0.5, 0.6) is 5.75 Å². The van der Waals surface area contributed by atoms with E-state index in [0.29, 0.717) is 38.2 Å². The number of ether oxygens (including phenoxy) is 1. The van der Waals surface area contributed by atoms with Crippen LogP contribution in [-0.4, -0.2) is 40.1 Å². The highest BCUT2D eigenvalue weighted by atomic mass is 16.5. The average Bonchev–Trinajstić information content (AvgIpc) is 2.98. The highest BCUT2D eigenvalue weighted by molar-refractivity contribution is 5.89. The molecule has 0 aliphatic heterocycles. The zero-order chi connectivity index (χ0) is 28.2. The molecule has 0 aliphatic rings. The summed E-state index contributed by atoms with van der Waals surface area (Å²) in [6.07, 6.45) is 2.15. The van der Waals surface area contributed by atoms with Crippen molar-refractivity contribution in [1.29, 1.82) is 0 Å². The van der Waals surface area contributed by atoms with E-state index in [1.165, 1.54) is 5.56 Å². The van der Waals surface area contributed by atoms with Gasteiger partial charge >= 0.3 is 11.9 Å². The van der Waals surface area contributed by atoms with Crippen LogP contribution in [0.1, 0.15) is 46.3 Å². The fraction of sp³-hybridized carbons (Fsp3) is 0.235. The second-order valence-corrected chi connectivity index (χ2v) is 9.80. The molecule has 0 atom stereocenters. The zero-order valence-corrected chi connectivity index (χ0v) is 22.5. The minimum atomic E-state index is -0.947. The lowest BCUT2D eigenvalue weighted by atomic mass is 10.0. The number of carbonyl (C=O) groups is 2. The van der Waals surface area contributed by atoms with E-state index in [9.17, 15) is 14.7 Å². The Morgan fingerprint density at radius 1 is 0.675 bits per heavy atom. The molecule has 0 aromatic heterocycles. The molecule has 0 bridgehead atoms. The summed E-state index contributed by atoms with van der Waals surface area (Å²) in [6.45, 7) is 2.30. The Balaban J connectivity index is 1.40. The number of unbranched alkanes of at least 4 members (excludes halogenated alkanes) is 1. The van der Waals surface area contributed by atoms with Crippen LogP contribution in [0.15, 0.2) is 103 Å². The number of rotatable bonds is 15. The fourth-order valence-electron chi connectivity index (χ4n) is 4.70. The van der Waals surface area contributed by atoms with Crippen molar-refractivity contribution >= 4 is 11.9 Å². The number of aromatic carboxylic acids is 1. The SMILES string of the molecule is O=C(O)CCCCN(CCc1ccccc1OCc1ccc(-c2ccccc2)cc1)Cc1ccccc1C(=O)O. The third kappa shape index (κ3) is 8.55. The molecule has 2 N–H and O–H groups in total. The van der Waals surface area contributed by atoms with Crippen molar-refractivity contribution in [3.8, 4) is 16.9 Å². The molecule has 6 nitrogen and oxygen atoms in total. The summed E-state index contributed by atoms with van der Waals surface area (Å²) >= 11 is 0. The molecule has 0 heterocycles. The predicted molar refractivity (Wildman–Crippen MR) is 157 cm³/mol. The molecule has 0 fully saturated rings. The fourth-order valence-corrected chi connectivity index (χ4v) is 4.70. The maximum absolute atomic E-state index is 11.7. The van der Waals surface area contributed by atoms with Gasteiger partial charge in [0.05, 0.1) is 5.56 Å². The van der Waals surface area contributed by atoms with Gasteiger partial charge in [-0.05, 0) is 65.8 Å². The minimum Gasteiger partial charge on any atom is -0.489 e. The average molecular weight is 538 g/mol. The molecule has 4 rings (SSSR count). The summed E-state index contributed by atoms with van der Waals surface area (Å²) in [5, 5.41) is 18.6. The van der Waals surface area contributed by atoms with Crippen LogP contribution in [-0.2, 0) is 24.4 Å². The van der Waals surface area contributed by atoms with Crippen LogP contribution < -0.4 is 4.74 Å². The van der Waals surface area contributed by atoms with Gasteiger partial charge in [0.15, 0.2) is 0 Å². The molecule has 0 radical (unpaired) electrons. The highest BCUT2D eigenvalue weighted by Gasteiger charge is 2.14. The molecule has 0 saturated heterocycles. The van der Waals surface area contributed by atoms with Gasteiger partial charge in [0.1, 0.15) is 12.4 Å². The molecule has 0 amide bonds. The van der Waals surface area contributed by atoms with Gasteiger partial charge in [-0.15, -0.1) is 0 Å². The van der Waals surface area contributed by atoms with Crippen molar-refractivity contribution in [3.05, 3.63) is 125 Å². The number of para-hydroxylation sites is 1. The van der Waals surface area contributed by atoms with Crippen LogP contribution in [0.4, 0.5) is 0 Å². The monoisotopic (exact) mass is 537 g/mol. The third-order valence-electron chi connectivity index (χ3n) is 6.88. The summed E-state index contributed by atoms with van der Waals surface area (Å²) in [5.74, 6) is -0.924. The van der Waals surface area contributed by atoms with Crippen molar-refractivity contribution in [2.45, 2.75) is 38.8 Å². The molecule has 40 heavy (non-hydrogen) atoms. The van der Waals surface area contributed by atoms with Crippen molar-refractivity contribution in [2.24, 2.45) is 0 Å². The van der Waals surface area contributed by atoms with Crippen LogP contribution in [0, 0.1) is 0 Å². The Kier molecular flexibility index (Phi) is 10.5. The molecule has 4 aromatic carbocycles. The Bertz CT molecular complexity index is 1390. The van der Waals surface area contributed by atoms with Gasteiger partial charge < -0.3 is 14.9 Å². The van der Waals surface area contributed by atoms with E-state index in [4.69, 9.17) is 9.84 Å². The Morgan fingerprint density at radius 2 is 1.32 bits per heavy atom. The van der Waals surface area contributed by atoms with Crippen LogP contribution >= 0.6 is 0 Å². The maximum Gasteiger partial charge on any atom is 0.336 e. The van der Waals surface area contributed by atoms with E-state index in [0.717, 1.165) is 40.8 Å². The Hall–Kier alpha value is -4.42. The van der Waals surface area contributed by atoms with Crippen LogP contribution in [0.2, 0.25) is 0 Å². The third-order valence-corrected chi connectivity index (χ3v) is 6.88. The summed E-state index contributed by atoms with van der Waals surface area (Å²) < 4.78 is 6.23. The summed E-state index contributed by atoms with van der Waals surface area (Å²) in [7, 11) is 0. The number of hydrogen-bond donors (Lipinski definition) is 2. The largest absolute Gasteiger partial charge is 0.489 e. The first-order valence-electron chi connectivity index (χ1n) is 13.6. The number of nitrogens with zero attached hydrogens (tertiary/aromatic N) is 1. The van der Waals surface area contributed by atoms with Crippen molar-refractivity contribution < 1.29 is 24.5 Å². The Labute approximate surface area is 235 Å². The molecule has 6 heteroatoms. The van der Waals surface area contributed by atoms with E-state index in [-0.39, 0.29) is 6.42 Å². The van der Waals surface area contributed by atoms with Gasteiger partial charge in [0, 0.05) is 19.5 Å². The topological polar surface area (TPSA) is 87.1 Å². The number of aliphatic carboxylic acids is 1. The number of carboxylic acids is 2. The molecular weight excluding hydrogens is 502 g/mol. The molecule has 4 aromatic rings. The van der Waals surface area contributed by atoms with Gasteiger partial charge in [0.25, 0.3) is 0 Å². The first-order chi connectivity index (χ1) is 19.5. The van der Waals surface area contributed by atoms with E-state index in [1.807, 2.05) is 48.5 Å². The van der Waals surface area contributed by atoms with Crippen LogP contribution in [0.3, 0.4) is 0 Å². The normalized spacial score (nSPS) is 10.9. The molecule has 0 spiro atoms. The van der Waals surface area contributed by atoms with Gasteiger partial charge in [0.2, 0.25) is 0 Å². The Morgan fingerprint density at radius 3 is 2.05 bits per heavy atom. The predicted octanol–water partition coefficient (Wildman–Crippen LogP) is 6.93. The van der Waals surface area contributed by atoms with E-state index in [1.54, 1.807) is 12.1 Å². The standard InChI is InChI=1S/C34H35NO5/c36-33(37)16-8-9-22-35(24-30-13-4-6-14-31(30)34(38)39)23-21-29-12-5-7-15-32(29)40-25-26-17-19-28(20-18-26)27-10-2-1-3-11-27/h1-7,10-15,17-20H,8-9,16,21-25H2,(H,36,37)(H,38,39). The first-order valence-corrected chi connectivity index (χ1v) is 13.6. The lowest BCUT2D eigenvalue weighted by Crippen LogP contribution is -2.28. The lowest BCUT2D eigenvalue weighted by Gasteiger charge is -2.24. The molecule has 0 saturated carbocycles. The van der Waals surface area contributed by atoms with Gasteiger partial charge in [-0.25, -0.2) is 4.79 Å². The van der Waals surface area contributed by atoms with Crippen molar-refractivity contribution in [3.63, 3.8) is 0 Å². The summed E-state index contributed by atoms with van der Waals surface area (Å²) in [6, 6.07) is 33.7. The maximum atomic E-state index is 11.7. The van der Waals surface area contributed by atoms with E-state index >= 15 is 0 Å². The number of carboxylic acid groups (broad SMARTS) is 2. The molecule has 0 aliphatic carbocycles. The molecule has 206 valence electrons. The lowest BCUT2D eigenvalue weighted by molar-refractivity contribution is -0.137. The first kappa shape index (κ1) is 28.6. The zero-order valence-electron chi connectivity index (χ0n) is 22.5. The summed E-state index contributed by atoms with van der Waals surface area (Å²) in [5.41, 5.74) is 5.54. The minimum absolute atomic E-state index is 0.128. The second-order valence-electron chi connectivity index (χ2n) is 9.80.